The number of hydrogen-bond donors (Lipinski definition) is 1. The number of aliphatic hydroxyl groups excluding tert-OH is 1. The molecule has 2 aromatic rings. The van der Waals surface area contributed by atoms with Gasteiger partial charge in [0, 0.05) is 33.5 Å². The molecule has 0 saturated heterocycles. The van der Waals surface area contributed by atoms with E-state index < -0.39 is 11.0 Å². The van der Waals surface area contributed by atoms with Gasteiger partial charge in [0.25, 0.3) is 5.69 Å². The zero-order chi connectivity index (χ0) is 14.9. The molecule has 0 saturated carbocycles. The molecule has 0 fully saturated rings. The molecule has 1 aromatic carbocycles. The molecule has 1 aromatic heterocycles. The first-order valence-electron chi connectivity index (χ1n) is 6.28. The Morgan fingerprint density at radius 3 is 2.65 bits per heavy atom. The van der Waals surface area contributed by atoms with Gasteiger partial charge in [-0.2, -0.15) is 0 Å². The number of rotatable bonds is 4. The lowest BCUT2D eigenvalue weighted by atomic mass is 10.1. The summed E-state index contributed by atoms with van der Waals surface area (Å²) >= 11 is 1.51. The van der Waals surface area contributed by atoms with Gasteiger partial charge in [0.1, 0.15) is 0 Å². The van der Waals surface area contributed by atoms with Crippen molar-refractivity contribution >= 4 is 28.2 Å². The van der Waals surface area contributed by atoms with Crippen LogP contribution in [0.2, 0.25) is 0 Å². The molecule has 20 heavy (non-hydrogen) atoms. The average molecular weight is 292 g/mol. The molecule has 0 amide bonds. The van der Waals surface area contributed by atoms with Crippen LogP contribution in [0, 0.1) is 17.0 Å². The number of hydrogen-bond acceptors (Lipinski definition) is 5. The second-order valence-corrected chi connectivity index (χ2v) is 6.19. The number of benzene rings is 1. The van der Waals surface area contributed by atoms with Crippen LogP contribution in [0.1, 0.15) is 19.5 Å². The Morgan fingerprint density at radius 1 is 1.35 bits per heavy atom. The molecule has 0 radical (unpaired) electrons. The fraction of sp³-hybridized carbons (Fsp3) is 0.357. The maximum atomic E-state index is 11.1. The molecule has 0 aliphatic heterocycles. The van der Waals surface area contributed by atoms with Crippen LogP contribution in [-0.2, 0) is 0 Å². The third kappa shape index (κ3) is 2.91. The summed E-state index contributed by atoms with van der Waals surface area (Å²) in [5.74, 6) is 0. The van der Waals surface area contributed by atoms with E-state index in [1.807, 2.05) is 19.9 Å². The van der Waals surface area contributed by atoms with Crippen LogP contribution in [0.15, 0.2) is 29.3 Å². The van der Waals surface area contributed by atoms with Crippen LogP contribution in [0.5, 0.6) is 0 Å². The smallest absolute Gasteiger partial charge is 0.278 e. The molecule has 0 bridgehead atoms. The fourth-order valence-electron chi connectivity index (χ4n) is 1.86. The molecule has 1 N–H and O–H groups in total. The number of thioether (sulfide) groups is 1. The first-order chi connectivity index (χ1) is 9.40. The van der Waals surface area contributed by atoms with Gasteiger partial charge in [-0.25, -0.2) is 0 Å². The summed E-state index contributed by atoms with van der Waals surface area (Å²) < 4.78 is 0. The van der Waals surface area contributed by atoms with Gasteiger partial charge in [0.05, 0.1) is 16.4 Å². The molecule has 5 nitrogen and oxygen atoms in total. The molecule has 0 spiro atoms. The Bertz CT molecular complexity index is 658. The lowest BCUT2D eigenvalue weighted by molar-refractivity contribution is -0.383. The number of non-ortho nitro benzene ring substituents is 1. The van der Waals surface area contributed by atoms with E-state index in [0.717, 1.165) is 16.0 Å². The van der Waals surface area contributed by atoms with E-state index in [1.165, 1.54) is 17.8 Å². The quantitative estimate of drug-likeness (QED) is 0.531. The predicted octanol–water partition coefficient (Wildman–Crippen LogP) is 3.31. The number of nitro benzene ring substituents is 1. The zero-order valence-electron chi connectivity index (χ0n) is 11.5. The van der Waals surface area contributed by atoms with Crippen molar-refractivity contribution in [3.05, 3.63) is 40.2 Å². The number of aromatic nitrogens is 1. The maximum Gasteiger partial charge on any atom is 0.278 e. The van der Waals surface area contributed by atoms with E-state index in [9.17, 15) is 15.2 Å². The Balaban J connectivity index is 2.59. The van der Waals surface area contributed by atoms with Gasteiger partial charge in [-0.05, 0) is 26.0 Å². The number of aryl methyl sites for hydroxylation is 1. The van der Waals surface area contributed by atoms with Gasteiger partial charge in [0.15, 0.2) is 0 Å². The third-order valence-electron chi connectivity index (χ3n) is 3.16. The number of pyridine rings is 1. The monoisotopic (exact) mass is 292 g/mol. The molecule has 0 aliphatic rings. The average Bonchev–Trinajstić information content (AvgIpc) is 2.38. The summed E-state index contributed by atoms with van der Waals surface area (Å²) in [6, 6.07) is 5.08. The van der Waals surface area contributed by atoms with Crippen molar-refractivity contribution in [2.75, 3.05) is 0 Å². The zero-order valence-corrected chi connectivity index (χ0v) is 12.3. The fourth-order valence-corrected chi connectivity index (χ4v) is 2.90. The molecular weight excluding hydrogens is 276 g/mol. The third-order valence-corrected chi connectivity index (χ3v) is 4.54. The van der Waals surface area contributed by atoms with Crippen molar-refractivity contribution in [2.24, 2.45) is 0 Å². The highest BCUT2D eigenvalue weighted by Crippen LogP contribution is 2.36. The molecule has 2 atom stereocenters. The maximum absolute atomic E-state index is 11.1. The van der Waals surface area contributed by atoms with Crippen LogP contribution in [-0.4, -0.2) is 26.4 Å². The molecule has 0 aliphatic carbocycles. The number of nitro groups is 1. The van der Waals surface area contributed by atoms with Crippen LogP contribution in [0.4, 0.5) is 5.69 Å². The van der Waals surface area contributed by atoms with Crippen LogP contribution >= 0.6 is 11.8 Å². The van der Waals surface area contributed by atoms with Crippen molar-refractivity contribution in [1.29, 1.82) is 0 Å². The Labute approximate surface area is 121 Å². The van der Waals surface area contributed by atoms with Gasteiger partial charge < -0.3 is 5.11 Å². The molecule has 106 valence electrons. The van der Waals surface area contributed by atoms with Gasteiger partial charge in [-0.15, -0.1) is 11.8 Å². The Kier molecular flexibility index (Phi) is 4.25. The van der Waals surface area contributed by atoms with Crippen molar-refractivity contribution in [3.8, 4) is 0 Å². The normalized spacial score (nSPS) is 14.2. The Hall–Kier alpha value is -1.66. The molecule has 6 heteroatoms. The van der Waals surface area contributed by atoms with Gasteiger partial charge in [-0.3, -0.25) is 15.1 Å². The summed E-state index contributed by atoms with van der Waals surface area (Å²) in [6.45, 7) is 5.51. The lowest BCUT2D eigenvalue weighted by Gasteiger charge is -2.15. The second kappa shape index (κ2) is 5.76. The second-order valence-electron chi connectivity index (χ2n) is 4.77. The van der Waals surface area contributed by atoms with E-state index in [1.54, 1.807) is 19.2 Å². The van der Waals surface area contributed by atoms with E-state index in [4.69, 9.17) is 0 Å². The molecule has 2 rings (SSSR count). The van der Waals surface area contributed by atoms with Crippen LogP contribution in [0.25, 0.3) is 10.8 Å². The lowest BCUT2D eigenvalue weighted by Crippen LogP contribution is -2.14. The summed E-state index contributed by atoms with van der Waals surface area (Å²) in [5.41, 5.74) is 0.867. The highest BCUT2D eigenvalue weighted by atomic mass is 32.2. The SMILES string of the molecule is Cc1cc2c(SC(C)C(C)O)ccc([N+](=O)[O-])c2cn1. The van der Waals surface area contributed by atoms with Crippen molar-refractivity contribution in [3.63, 3.8) is 0 Å². The molecule has 2 unspecified atom stereocenters. The van der Waals surface area contributed by atoms with Gasteiger partial charge in [0.2, 0.25) is 0 Å². The van der Waals surface area contributed by atoms with Gasteiger partial charge >= 0.3 is 0 Å². The summed E-state index contributed by atoms with van der Waals surface area (Å²) in [6.07, 6.45) is 1.09. The minimum absolute atomic E-state index is 0.00753. The highest BCUT2D eigenvalue weighted by Gasteiger charge is 2.18. The standard InChI is InChI=1S/C14H16N2O3S/c1-8-6-11-12(7-15-8)13(16(18)19)4-5-14(11)20-10(3)9(2)17/h4-7,9-10,17H,1-3H3. The summed E-state index contributed by atoms with van der Waals surface area (Å²) in [4.78, 5) is 15.7. The van der Waals surface area contributed by atoms with Gasteiger partial charge in [-0.1, -0.05) is 6.92 Å². The number of nitrogens with zero attached hydrogens (tertiary/aromatic N) is 2. The minimum Gasteiger partial charge on any atom is -0.392 e. The molecular formula is C14H16N2O3S. The van der Waals surface area contributed by atoms with Crippen molar-refractivity contribution in [1.82, 2.24) is 4.98 Å². The Morgan fingerprint density at radius 2 is 2.05 bits per heavy atom. The number of aliphatic hydroxyl groups is 1. The summed E-state index contributed by atoms with van der Waals surface area (Å²) in [7, 11) is 0. The molecule has 1 heterocycles. The van der Waals surface area contributed by atoms with E-state index in [2.05, 4.69) is 4.98 Å². The largest absolute Gasteiger partial charge is 0.392 e. The van der Waals surface area contributed by atoms with E-state index in [0.29, 0.717) is 5.39 Å². The van der Waals surface area contributed by atoms with Crippen molar-refractivity contribution < 1.29 is 10.0 Å². The highest BCUT2D eigenvalue weighted by molar-refractivity contribution is 8.00. The van der Waals surface area contributed by atoms with Crippen LogP contribution < -0.4 is 0 Å². The minimum atomic E-state index is -0.451. The van der Waals surface area contributed by atoms with E-state index in [-0.39, 0.29) is 10.9 Å². The predicted molar refractivity (Wildman–Crippen MR) is 80.1 cm³/mol. The van der Waals surface area contributed by atoms with E-state index >= 15 is 0 Å². The topological polar surface area (TPSA) is 76.3 Å². The summed E-state index contributed by atoms with van der Waals surface area (Å²) in [5, 5.41) is 22.0. The van der Waals surface area contributed by atoms with Crippen LogP contribution in [0.3, 0.4) is 0 Å². The first kappa shape index (κ1) is 14.7. The number of fused-ring (bicyclic) bond motifs is 1. The van der Waals surface area contributed by atoms with Crippen molar-refractivity contribution in [2.45, 2.75) is 37.0 Å². The first-order valence-corrected chi connectivity index (χ1v) is 7.16.